The van der Waals surface area contributed by atoms with Crippen LogP contribution < -0.4 is 5.32 Å². The molecule has 1 amide bonds. The molecule has 0 saturated carbocycles. The quantitative estimate of drug-likeness (QED) is 0.0252. The molecule has 1 aliphatic rings. The van der Waals surface area contributed by atoms with Crippen molar-refractivity contribution in [1.82, 2.24) is 5.32 Å². The largest absolute Gasteiger partial charge is 0.394 e. The van der Waals surface area contributed by atoms with Crippen molar-refractivity contribution in [3.8, 4) is 0 Å². The summed E-state index contributed by atoms with van der Waals surface area (Å²) in [6, 6.07) is -0.892. The maximum Gasteiger partial charge on any atom is 0.249 e. The molecule has 8 unspecified atom stereocenters. The summed E-state index contributed by atoms with van der Waals surface area (Å²) in [4.78, 5) is 13.0. The Morgan fingerprint density at radius 1 is 0.623 bits per heavy atom. The SMILES string of the molecule is CCCCCC/C=C\CCCCCCCCC(O)C(=O)NC(COC1OC(CO)C(O)C(O)C1O)C(O)CCCCCCCCCCCCCCCC. The molecule has 7 N–H and O–H groups in total. The van der Waals surface area contributed by atoms with Gasteiger partial charge in [-0.1, -0.05) is 167 Å². The van der Waals surface area contributed by atoms with Crippen LogP contribution in [0.25, 0.3) is 0 Å². The Hall–Kier alpha value is -1.11. The number of rotatable bonds is 36. The number of aliphatic hydroxyl groups is 6. The van der Waals surface area contributed by atoms with Crippen molar-refractivity contribution in [3.63, 3.8) is 0 Å². The van der Waals surface area contributed by atoms with E-state index in [1.54, 1.807) is 0 Å². The monoisotopic (exact) mass is 758 g/mol. The number of carbonyl (C=O) groups is 1. The van der Waals surface area contributed by atoms with Crippen LogP contribution in [0, 0.1) is 0 Å². The molecule has 314 valence electrons. The summed E-state index contributed by atoms with van der Waals surface area (Å²) in [5, 5.41) is 64.7. The Morgan fingerprint density at radius 3 is 1.55 bits per heavy atom. The van der Waals surface area contributed by atoms with Gasteiger partial charge in [-0.3, -0.25) is 4.79 Å². The highest BCUT2D eigenvalue weighted by Gasteiger charge is 2.44. The number of allylic oxidation sites excluding steroid dienone is 2. The summed E-state index contributed by atoms with van der Waals surface area (Å²) in [6.07, 6.45) is 26.8. The Morgan fingerprint density at radius 2 is 1.06 bits per heavy atom. The van der Waals surface area contributed by atoms with Crippen LogP contribution in [0.5, 0.6) is 0 Å². The van der Waals surface area contributed by atoms with Gasteiger partial charge in [0.15, 0.2) is 6.29 Å². The molecule has 1 rings (SSSR count). The number of hydrogen-bond donors (Lipinski definition) is 7. The average molecular weight is 758 g/mol. The molecule has 1 saturated heterocycles. The van der Waals surface area contributed by atoms with Gasteiger partial charge in [0, 0.05) is 0 Å². The van der Waals surface area contributed by atoms with Gasteiger partial charge in [0.05, 0.1) is 25.4 Å². The van der Waals surface area contributed by atoms with E-state index in [1.165, 1.54) is 109 Å². The lowest BCUT2D eigenvalue weighted by atomic mass is 9.99. The van der Waals surface area contributed by atoms with Crippen molar-refractivity contribution >= 4 is 5.91 Å². The number of unbranched alkanes of at least 4 members (excludes halogenated alkanes) is 23. The molecule has 10 heteroatoms. The van der Waals surface area contributed by atoms with Gasteiger partial charge in [-0.15, -0.1) is 0 Å². The average Bonchev–Trinajstić information content (AvgIpc) is 3.16. The lowest BCUT2D eigenvalue weighted by Gasteiger charge is -2.40. The minimum Gasteiger partial charge on any atom is -0.394 e. The highest BCUT2D eigenvalue weighted by Crippen LogP contribution is 2.23. The van der Waals surface area contributed by atoms with E-state index < -0.39 is 61.5 Å². The smallest absolute Gasteiger partial charge is 0.249 e. The van der Waals surface area contributed by atoms with E-state index in [1.807, 2.05) is 0 Å². The van der Waals surface area contributed by atoms with Crippen molar-refractivity contribution in [1.29, 1.82) is 0 Å². The predicted octanol–water partition coefficient (Wildman–Crippen LogP) is 7.53. The van der Waals surface area contributed by atoms with Crippen molar-refractivity contribution in [2.45, 2.75) is 243 Å². The fourth-order valence-corrected chi connectivity index (χ4v) is 7.04. The molecule has 0 aromatic carbocycles. The molecule has 1 fully saturated rings. The third-order valence-corrected chi connectivity index (χ3v) is 10.7. The standard InChI is InChI=1S/C43H83NO9/c1-3-5-7-9-11-13-15-17-19-21-23-25-27-29-31-36(46)35(34-52-43-41(50)40(49)39(48)38(33-45)53-43)44-42(51)37(47)32-30-28-26-24-22-20-18-16-14-12-10-8-6-4-2/h14,16,35-41,43,45-50H,3-13,15,17-34H2,1-2H3,(H,44,51)/b16-14-. The molecule has 0 aromatic rings. The zero-order valence-electron chi connectivity index (χ0n) is 33.9. The molecule has 0 spiro atoms. The van der Waals surface area contributed by atoms with E-state index in [2.05, 4.69) is 31.3 Å². The molecule has 1 aliphatic heterocycles. The van der Waals surface area contributed by atoms with Crippen molar-refractivity contribution < 1.29 is 44.9 Å². The summed E-state index contributed by atoms with van der Waals surface area (Å²) in [5.74, 6) is -0.589. The Kier molecular flexibility index (Phi) is 32.2. The van der Waals surface area contributed by atoms with Gasteiger partial charge in [-0.25, -0.2) is 0 Å². The molecular weight excluding hydrogens is 674 g/mol. The summed E-state index contributed by atoms with van der Waals surface area (Å²) < 4.78 is 11.2. The van der Waals surface area contributed by atoms with Crippen molar-refractivity contribution in [3.05, 3.63) is 12.2 Å². The normalized spacial score (nSPS) is 22.3. The fraction of sp³-hybridized carbons (Fsp3) is 0.930. The minimum absolute atomic E-state index is 0.255. The zero-order chi connectivity index (χ0) is 38.9. The van der Waals surface area contributed by atoms with Gasteiger partial charge in [-0.2, -0.15) is 0 Å². The van der Waals surface area contributed by atoms with Crippen molar-refractivity contribution in [2.24, 2.45) is 0 Å². The molecule has 53 heavy (non-hydrogen) atoms. The second-order valence-corrected chi connectivity index (χ2v) is 15.6. The molecule has 0 aromatic heterocycles. The van der Waals surface area contributed by atoms with Crippen LogP contribution in [0.15, 0.2) is 12.2 Å². The van der Waals surface area contributed by atoms with Crippen LogP contribution in [-0.4, -0.2) is 98.7 Å². The van der Waals surface area contributed by atoms with E-state index in [9.17, 15) is 35.4 Å². The van der Waals surface area contributed by atoms with E-state index in [-0.39, 0.29) is 6.61 Å². The Labute approximate surface area is 323 Å². The number of nitrogens with one attached hydrogen (secondary N) is 1. The van der Waals surface area contributed by atoms with Gasteiger partial charge in [0.2, 0.25) is 5.91 Å². The van der Waals surface area contributed by atoms with E-state index in [4.69, 9.17) is 9.47 Å². The second-order valence-electron chi connectivity index (χ2n) is 15.6. The molecule has 0 radical (unpaired) electrons. The molecule has 10 nitrogen and oxygen atoms in total. The first-order chi connectivity index (χ1) is 25.8. The molecule has 8 atom stereocenters. The summed E-state index contributed by atoms with van der Waals surface area (Å²) in [6.45, 7) is 3.64. The van der Waals surface area contributed by atoms with Gasteiger partial charge < -0.3 is 45.4 Å². The number of carbonyl (C=O) groups excluding carboxylic acids is 1. The van der Waals surface area contributed by atoms with E-state index in [0.29, 0.717) is 12.8 Å². The lowest BCUT2D eigenvalue weighted by molar-refractivity contribution is -0.302. The third kappa shape index (κ3) is 24.9. The predicted molar refractivity (Wildman–Crippen MR) is 213 cm³/mol. The Balaban J connectivity index is 2.43. The first-order valence-corrected chi connectivity index (χ1v) is 22.0. The third-order valence-electron chi connectivity index (χ3n) is 10.7. The zero-order valence-corrected chi connectivity index (χ0v) is 33.9. The second kappa shape index (κ2) is 34.2. The maximum absolute atomic E-state index is 13.0. The minimum atomic E-state index is -1.59. The fourth-order valence-electron chi connectivity index (χ4n) is 7.04. The highest BCUT2D eigenvalue weighted by atomic mass is 16.7. The highest BCUT2D eigenvalue weighted by molar-refractivity contribution is 5.80. The van der Waals surface area contributed by atoms with Crippen LogP contribution >= 0.6 is 0 Å². The van der Waals surface area contributed by atoms with Gasteiger partial charge in [-0.05, 0) is 38.5 Å². The van der Waals surface area contributed by atoms with Crippen LogP contribution in [0.2, 0.25) is 0 Å². The summed E-state index contributed by atoms with van der Waals surface area (Å²) >= 11 is 0. The lowest BCUT2D eigenvalue weighted by Crippen LogP contribution is -2.60. The molecule has 0 aliphatic carbocycles. The molecule has 0 bridgehead atoms. The molecule has 1 heterocycles. The number of hydrogen-bond acceptors (Lipinski definition) is 9. The topological polar surface area (TPSA) is 169 Å². The Bertz CT molecular complexity index is 860. The maximum atomic E-state index is 13.0. The number of amides is 1. The first kappa shape index (κ1) is 49.9. The van der Waals surface area contributed by atoms with Crippen LogP contribution in [0.3, 0.4) is 0 Å². The van der Waals surface area contributed by atoms with Gasteiger partial charge in [0.1, 0.15) is 30.5 Å². The van der Waals surface area contributed by atoms with Gasteiger partial charge >= 0.3 is 0 Å². The van der Waals surface area contributed by atoms with Gasteiger partial charge in [0.25, 0.3) is 0 Å². The van der Waals surface area contributed by atoms with E-state index >= 15 is 0 Å². The first-order valence-electron chi connectivity index (χ1n) is 22.0. The van der Waals surface area contributed by atoms with E-state index in [0.717, 1.165) is 57.8 Å². The summed E-state index contributed by atoms with van der Waals surface area (Å²) in [5.41, 5.74) is 0. The summed E-state index contributed by atoms with van der Waals surface area (Å²) in [7, 11) is 0. The van der Waals surface area contributed by atoms with Crippen LogP contribution in [0.4, 0.5) is 0 Å². The molecular formula is C43H83NO9. The van der Waals surface area contributed by atoms with Crippen molar-refractivity contribution in [2.75, 3.05) is 13.2 Å². The van der Waals surface area contributed by atoms with Crippen LogP contribution in [-0.2, 0) is 14.3 Å². The number of ether oxygens (including phenoxy) is 2. The van der Waals surface area contributed by atoms with Crippen LogP contribution in [0.1, 0.15) is 194 Å². The number of aliphatic hydroxyl groups excluding tert-OH is 6.